The summed E-state index contributed by atoms with van der Waals surface area (Å²) in [6.07, 6.45) is 3.10. The number of ketones is 1. The number of hydrogen-bond donors (Lipinski definition) is 0. The predicted octanol–water partition coefficient (Wildman–Crippen LogP) is 4.16. The van der Waals surface area contributed by atoms with Crippen molar-refractivity contribution in [1.82, 2.24) is 4.57 Å². The number of rotatable bonds is 5. The number of aryl methyl sites for hydroxylation is 1. The van der Waals surface area contributed by atoms with Crippen molar-refractivity contribution in [1.29, 1.82) is 0 Å². The third kappa shape index (κ3) is 2.76. The van der Waals surface area contributed by atoms with Gasteiger partial charge in [0, 0.05) is 17.8 Å². The van der Waals surface area contributed by atoms with Crippen LogP contribution < -0.4 is 0 Å². The summed E-state index contributed by atoms with van der Waals surface area (Å²) < 4.78 is 2.24. The molecule has 1 aromatic heterocycles. The molecule has 0 spiro atoms. The standard InChI is InChI=1S/C16H19NOS/c1-4-10-17-12(2)11-14(16(17)19-3)15(18)13-8-6-5-7-9-13/h5-9,11H,4,10H2,1-3H3. The number of thioether (sulfide) groups is 1. The quantitative estimate of drug-likeness (QED) is 0.603. The minimum atomic E-state index is 0.114. The minimum Gasteiger partial charge on any atom is -0.340 e. The maximum absolute atomic E-state index is 12.6. The largest absolute Gasteiger partial charge is 0.340 e. The molecule has 2 aromatic rings. The summed E-state index contributed by atoms with van der Waals surface area (Å²) in [5.74, 6) is 0.114. The Kier molecular flexibility index (Phi) is 4.48. The Morgan fingerprint density at radius 2 is 1.95 bits per heavy atom. The van der Waals surface area contributed by atoms with Crippen LogP contribution in [0.25, 0.3) is 0 Å². The highest BCUT2D eigenvalue weighted by Gasteiger charge is 2.18. The molecule has 2 nitrogen and oxygen atoms in total. The van der Waals surface area contributed by atoms with E-state index in [-0.39, 0.29) is 5.78 Å². The molecule has 1 aromatic carbocycles. The second-order valence-electron chi connectivity index (χ2n) is 4.56. The van der Waals surface area contributed by atoms with Crippen molar-refractivity contribution < 1.29 is 4.79 Å². The monoisotopic (exact) mass is 273 g/mol. The van der Waals surface area contributed by atoms with Gasteiger partial charge in [0.1, 0.15) is 0 Å². The first-order chi connectivity index (χ1) is 9.19. The van der Waals surface area contributed by atoms with E-state index in [4.69, 9.17) is 0 Å². The van der Waals surface area contributed by atoms with Crippen LogP contribution in [0, 0.1) is 6.92 Å². The molecule has 0 aliphatic carbocycles. The van der Waals surface area contributed by atoms with E-state index in [1.165, 1.54) is 0 Å². The van der Waals surface area contributed by atoms with Crippen LogP contribution in [0.2, 0.25) is 0 Å². The molecule has 0 fully saturated rings. The van der Waals surface area contributed by atoms with Crippen molar-refractivity contribution in [3.63, 3.8) is 0 Å². The van der Waals surface area contributed by atoms with E-state index < -0.39 is 0 Å². The van der Waals surface area contributed by atoms with Crippen molar-refractivity contribution in [2.75, 3.05) is 6.26 Å². The van der Waals surface area contributed by atoms with Gasteiger partial charge in [0.2, 0.25) is 0 Å². The molecule has 0 amide bonds. The molecular formula is C16H19NOS. The van der Waals surface area contributed by atoms with Crippen LogP contribution in [0.1, 0.15) is 35.0 Å². The van der Waals surface area contributed by atoms with Crippen LogP contribution in [0.15, 0.2) is 41.4 Å². The molecule has 19 heavy (non-hydrogen) atoms. The highest BCUT2D eigenvalue weighted by Crippen LogP contribution is 2.27. The van der Waals surface area contributed by atoms with E-state index in [0.29, 0.717) is 0 Å². The zero-order valence-corrected chi connectivity index (χ0v) is 12.5. The summed E-state index contributed by atoms with van der Waals surface area (Å²) in [5.41, 5.74) is 2.74. The molecule has 0 aliphatic heterocycles. The third-order valence-corrected chi connectivity index (χ3v) is 4.00. The van der Waals surface area contributed by atoms with E-state index >= 15 is 0 Å². The summed E-state index contributed by atoms with van der Waals surface area (Å²) in [6.45, 7) is 5.18. The lowest BCUT2D eigenvalue weighted by Gasteiger charge is -2.09. The Hall–Kier alpha value is -1.48. The molecule has 0 radical (unpaired) electrons. The molecule has 0 N–H and O–H groups in total. The van der Waals surface area contributed by atoms with Gasteiger partial charge in [0.05, 0.1) is 10.6 Å². The fraction of sp³-hybridized carbons (Fsp3) is 0.312. The normalized spacial score (nSPS) is 10.7. The summed E-state index contributed by atoms with van der Waals surface area (Å²) in [5, 5.41) is 1.08. The molecule has 0 saturated heterocycles. The van der Waals surface area contributed by atoms with E-state index in [9.17, 15) is 4.79 Å². The highest BCUT2D eigenvalue weighted by molar-refractivity contribution is 7.98. The van der Waals surface area contributed by atoms with Crippen LogP contribution >= 0.6 is 11.8 Å². The van der Waals surface area contributed by atoms with Crippen molar-refractivity contribution in [3.8, 4) is 0 Å². The minimum absolute atomic E-state index is 0.114. The first-order valence-corrected chi connectivity index (χ1v) is 7.75. The fourth-order valence-corrected chi connectivity index (χ4v) is 3.11. The summed E-state index contributed by atoms with van der Waals surface area (Å²) >= 11 is 1.65. The second-order valence-corrected chi connectivity index (χ2v) is 5.35. The van der Waals surface area contributed by atoms with E-state index in [2.05, 4.69) is 18.4 Å². The molecule has 0 atom stereocenters. The van der Waals surface area contributed by atoms with Crippen molar-refractivity contribution in [2.24, 2.45) is 0 Å². The molecular weight excluding hydrogens is 254 g/mol. The van der Waals surface area contributed by atoms with Gasteiger partial charge < -0.3 is 4.57 Å². The first-order valence-electron chi connectivity index (χ1n) is 6.53. The van der Waals surface area contributed by atoms with Crippen molar-refractivity contribution in [3.05, 3.63) is 53.2 Å². The Bertz CT molecular complexity index is 572. The number of nitrogens with zero attached hydrogens (tertiary/aromatic N) is 1. The number of carbonyl (C=O) groups excluding carboxylic acids is 1. The number of benzene rings is 1. The summed E-state index contributed by atoms with van der Waals surface area (Å²) in [4.78, 5) is 12.6. The highest BCUT2D eigenvalue weighted by atomic mass is 32.2. The first kappa shape index (κ1) is 13.9. The average molecular weight is 273 g/mol. The number of hydrogen-bond acceptors (Lipinski definition) is 2. The lowest BCUT2D eigenvalue weighted by Crippen LogP contribution is -2.04. The molecule has 2 rings (SSSR count). The SMILES string of the molecule is CCCn1c(C)cc(C(=O)c2ccccc2)c1SC. The van der Waals surface area contributed by atoms with Gasteiger partial charge in [-0.05, 0) is 25.7 Å². The maximum Gasteiger partial charge on any atom is 0.195 e. The molecule has 0 saturated carbocycles. The summed E-state index contributed by atoms with van der Waals surface area (Å²) in [7, 11) is 0. The van der Waals surface area contributed by atoms with Crippen LogP contribution in [0.5, 0.6) is 0 Å². The molecule has 100 valence electrons. The van der Waals surface area contributed by atoms with Gasteiger partial charge in [-0.25, -0.2) is 0 Å². The van der Waals surface area contributed by atoms with Gasteiger partial charge in [-0.15, -0.1) is 11.8 Å². The van der Waals surface area contributed by atoms with E-state index in [0.717, 1.165) is 34.8 Å². The van der Waals surface area contributed by atoms with Gasteiger partial charge in [0.15, 0.2) is 5.78 Å². The second kappa shape index (κ2) is 6.11. The topological polar surface area (TPSA) is 22.0 Å². The molecule has 1 heterocycles. The van der Waals surface area contributed by atoms with Gasteiger partial charge in [-0.2, -0.15) is 0 Å². The smallest absolute Gasteiger partial charge is 0.195 e. The Balaban J connectivity index is 2.45. The van der Waals surface area contributed by atoms with Gasteiger partial charge in [-0.3, -0.25) is 4.79 Å². The van der Waals surface area contributed by atoms with Gasteiger partial charge >= 0.3 is 0 Å². The summed E-state index contributed by atoms with van der Waals surface area (Å²) in [6, 6.07) is 11.5. The molecule has 0 aliphatic rings. The lowest BCUT2D eigenvalue weighted by molar-refractivity contribution is 0.103. The van der Waals surface area contributed by atoms with Gasteiger partial charge in [-0.1, -0.05) is 37.3 Å². The van der Waals surface area contributed by atoms with Crippen molar-refractivity contribution >= 4 is 17.5 Å². The maximum atomic E-state index is 12.6. The Morgan fingerprint density at radius 3 is 2.53 bits per heavy atom. The molecule has 3 heteroatoms. The van der Waals surface area contributed by atoms with Crippen LogP contribution in [0.4, 0.5) is 0 Å². The predicted molar refractivity (Wildman–Crippen MR) is 81.1 cm³/mol. The van der Waals surface area contributed by atoms with E-state index in [1.807, 2.05) is 42.7 Å². The Labute approximate surface area is 118 Å². The van der Waals surface area contributed by atoms with E-state index in [1.54, 1.807) is 11.8 Å². The van der Waals surface area contributed by atoms with Crippen LogP contribution in [-0.4, -0.2) is 16.6 Å². The third-order valence-electron chi connectivity index (χ3n) is 3.18. The van der Waals surface area contributed by atoms with Crippen LogP contribution in [-0.2, 0) is 6.54 Å². The lowest BCUT2D eigenvalue weighted by atomic mass is 10.1. The zero-order chi connectivity index (χ0) is 13.8. The number of carbonyl (C=O) groups is 1. The molecule has 0 bridgehead atoms. The zero-order valence-electron chi connectivity index (χ0n) is 11.6. The Morgan fingerprint density at radius 1 is 1.26 bits per heavy atom. The van der Waals surface area contributed by atoms with Gasteiger partial charge in [0.25, 0.3) is 0 Å². The average Bonchev–Trinajstić information content (AvgIpc) is 2.76. The fourth-order valence-electron chi connectivity index (χ4n) is 2.28. The number of aromatic nitrogens is 1. The molecule has 0 unspecified atom stereocenters. The van der Waals surface area contributed by atoms with Crippen LogP contribution in [0.3, 0.4) is 0 Å². The van der Waals surface area contributed by atoms with Crippen molar-refractivity contribution in [2.45, 2.75) is 31.8 Å².